The van der Waals surface area contributed by atoms with Gasteiger partial charge in [-0.05, 0) is 50.3 Å². The molecule has 4 N–H and O–H groups in total. The molecule has 230 valence electrons. The molecule has 42 heavy (non-hydrogen) atoms. The number of hydrogen-bond acceptors (Lipinski definition) is 8. The highest BCUT2D eigenvalue weighted by Gasteiger charge is 2.34. The third-order valence-corrected chi connectivity index (χ3v) is 7.02. The first kappa shape index (κ1) is 32.6. The summed E-state index contributed by atoms with van der Waals surface area (Å²) in [7, 11) is 1.54. The summed E-state index contributed by atoms with van der Waals surface area (Å²) in [5, 5.41) is 9.01. The van der Waals surface area contributed by atoms with Gasteiger partial charge in [-0.2, -0.15) is 0 Å². The van der Waals surface area contributed by atoms with Gasteiger partial charge in [0.15, 0.2) is 5.78 Å². The molecule has 0 bridgehead atoms. The fraction of sp³-hybridized carbons (Fsp3) is 0.567. The molecule has 1 aliphatic rings. The van der Waals surface area contributed by atoms with Crippen LogP contribution in [0.5, 0.6) is 5.75 Å². The minimum absolute atomic E-state index is 0.0402. The van der Waals surface area contributed by atoms with Crippen LogP contribution in [0.15, 0.2) is 24.3 Å². The minimum Gasteiger partial charge on any atom is -0.496 e. The van der Waals surface area contributed by atoms with E-state index in [1.54, 1.807) is 39.2 Å². The Bertz CT molecular complexity index is 1290. The lowest BCUT2D eigenvalue weighted by atomic mass is 9.95. The van der Waals surface area contributed by atoms with Crippen molar-refractivity contribution in [3.05, 3.63) is 30.0 Å². The molecule has 3 amide bonds. The summed E-state index contributed by atoms with van der Waals surface area (Å²) < 4.78 is 16.0. The van der Waals surface area contributed by atoms with Crippen LogP contribution in [-0.2, 0) is 28.7 Å². The molecule has 1 aromatic heterocycles. The van der Waals surface area contributed by atoms with Crippen LogP contribution in [0, 0.1) is 17.8 Å². The third kappa shape index (κ3) is 8.78. The van der Waals surface area contributed by atoms with Crippen molar-refractivity contribution < 1.29 is 38.2 Å². The van der Waals surface area contributed by atoms with Gasteiger partial charge in [-0.1, -0.05) is 33.8 Å². The first-order valence-electron chi connectivity index (χ1n) is 14.3. The van der Waals surface area contributed by atoms with Gasteiger partial charge in [-0.25, -0.2) is 0 Å². The molecule has 2 aromatic rings. The number of nitrogens with one attached hydrogen (secondary N) is 4. The molecule has 1 aromatic carbocycles. The second-order valence-electron chi connectivity index (χ2n) is 11.3. The third-order valence-electron chi connectivity index (χ3n) is 7.02. The van der Waals surface area contributed by atoms with Gasteiger partial charge in [-0.15, -0.1) is 0 Å². The van der Waals surface area contributed by atoms with Crippen molar-refractivity contribution in [1.29, 1.82) is 0 Å². The average Bonchev–Trinajstić information content (AvgIpc) is 3.56. The Labute approximate surface area is 245 Å². The summed E-state index contributed by atoms with van der Waals surface area (Å²) in [6, 6.07) is 5.05. The molecule has 0 aliphatic carbocycles. The van der Waals surface area contributed by atoms with Gasteiger partial charge in [0.1, 0.15) is 24.1 Å². The molecule has 3 rings (SSSR count). The number of amides is 3. The van der Waals surface area contributed by atoms with Crippen LogP contribution in [0.4, 0.5) is 0 Å². The van der Waals surface area contributed by atoms with Gasteiger partial charge in [0.25, 0.3) is 5.91 Å². The molecule has 0 radical (unpaired) electrons. The number of aromatic nitrogens is 1. The zero-order valence-corrected chi connectivity index (χ0v) is 25.1. The predicted molar refractivity (Wildman–Crippen MR) is 155 cm³/mol. The zero-order chi connectivity index (χ0) is 31.0. The maximum absolute atomic E-state index is 13.5. The van der Waals surface area contributed by atoms with Crippen molar-refractivity contribution >= 4 is 40.4 Å². The van der Waals surface area contributed by atoms with Crippen LogP contribution in [0.1, 0.15) is 64.4 Å². The molecule has 0 unspecified atom stereocenters. The van der Waals surface area contributed by atoms with Crippen molar-refractivity contribution in [1.82, 2.24) is 20.9 Å². The monoisotopic (exact) mass is 586 g/mol. The number of aromatic amines is 1. The zero-order valence-electron chi connectivity index (χ0n) is 25.1. The number of rotatable bonds is 15. The quantitative estimate of drug-likeness (QED) is 0.183. The van der Waals surface area contributed by atoms with E-state index in [2.05, 4.69) is 20.9 Å². The van der Waals surface area contributed by atoms with Gasteiger partial charge in [0.2, 0.25) is 18.1 Å². The van der Waals surface area contributed by atoms with Crippen LogP contribution in [0.25, 0.3) is 10.9 Å². The van der Waals surface area contributed by atoms with E-state index in [9.17, 15) is 24.0 Å². The predicted octanol–water partition coefficient (Wildman–Crippen LogP) is 2.46. The van der Waals surface area contributed by atoms with E-state index in [4.69, 9.17) is 14.2 Å². The summed E-state index contributed by atoms with van der Waals surface area (Å²) >= 11 is 0. The normalized spacial score (nSPS) is 17.0. The topological polar surface area (TPSA) is 165 Å². The highest BCUT2D eigenvalue weighted by Crippen LogP contribution is 2.26. The summed E-state index contributed by atoms with van der Waals surface area (Å²) in [5.74, 6) is -2.36. The molecule has 1 fully saturated rings. The molecular weight excluding hydrogens is 544 g/mol. The SMILES string of the molecule is COc1cccc2[nH]c(C(=O)N[C@@H](CC(C)C)C(=O)N[C@@H](C[C@@H]3CCNC3=O)C(=O)CO[C@H](C)OC(=O)C(C)C)cc12. The van der Waals surface area contributed by atoms with Crippen LogP contribution < -0.4 is 20.7 Å². The Balaban J connectivity index is 1.74. The van der Waals surface area contributed by atoms with E-state index in [1.165, 1.54) is 6.92 Å². The average molecular weight is 587 g/mol. The Hall–Kier alpha value is -3.93. The minimum atomic E-state index is -1.05. The molecule has 4 atom stereocenters. The Morgan fingerprint density at radius 1 is 1.05 bits per heavy atom. The molecular formula is C30H42N4O8. The molecule has 12 heteroatoms. The molecule has 1 saturated heterocycles. The first-order chi connectivity index (χ1) is 19.9. The van der Waals surface area contributed by atoms with E-state index in [0.29, 0.717) is 30.7 Å². The van der Waals surface area contributed by atoms with Gasteiger partial charge in [0.05, 0.1) is 19.1 Å². The number of ketones is 1. The fourth-order valence-corrected chi connectivity index (χ4v) is 4.70. The number of benzene rings is 1. The Kier molecular flexibility index (Phi) is 11.5. The van der Waals surface area contributed by atoms with Crippen LogP contribution >= 0.6 is 0 Å². The second kappa shape index (κ2) is 14.8. The van der Waals surface area contributed by atoms with E-state index in [0.717, 1.165) is 5.39 Å². The highest BCUT2D eigenvalue weighted by molar-refractivity contribution is 6.02. The number of methoxy groups -OCH3 is 1. The molecule has 1 aliphatic heterocycles. The lowest BCUT2D eigenvalue weighted by Crippen LogP contribution is -2.53. The molecule has 0 spiro atoms. The number of esters is 1. The highest BCUT2D eigenvalue weighted by atomic mass is 16.7. The molecule has 12 nitrogen and oxygen atoms in total. The summed E-state index contributed by atoms with van der Waals surface area (Å²) in [5.41, 5.74) is 0.961. The van der Waals surface area contributed by atoms with Crippen molar-refractivity contribution in [2.45, 2.75) is 72.3 Å². The summed E-state index contributed by atoms with van der Waals surface area (Å²) in [4.78, 5) is 67.2. The maximum Gasteiger partial charge on any atom is 0.310 e. The van der Waals surface area contributed by atoms with E-state index < -0.39 is 54.5 Å². The van der Waals surface area contributed by atoms with Crippen LogP contribution in [-0.4, -0.2) is 73.1 Å². The first-order valence-corrected chi connectivity index (χ1v) is 14.3. The molecule has 0 saturated carbocycles. The van der Waals surface area contributed by atoms with Gasteiger partial charge >= 0.3 is 5.97 Å². The van der Waals surface area contributed by atoms with Crippen molar-refractivity contribution in [2.75, 3.05) is 20.3 Å². The fourth-order valence-electron chi connectivity index (χ4n) is 4.70. The van der Waals surface area contributed by atoms with Gasteiger partial charge in [0, 0.05) is 23.4 Å². The smallest absolute Gasteiger partial charge is 0.310 e. The largest absolute Gasteiger partial charge is 0.496 e. The number of Topliss-reactive ketones (excluding diaryl/α,β-unsaturated/α-hetero) is 1. The summed E-state index contributed by atoms with van der Waals surface area (Å²) in [6.45, 7) is 8.74. The lowest BCUT2D eigenvalue weighted by Gasteiger charge is -2.25. The van der Waals surface area contributed by atoms with Crippen LogP contribution in [0.2, 0.25) is 0 Å². The lowest BCUT2D eigenvalue weighted by molar-refractivity contribution is -0.180. The number of hydrogen-bond donors (Lipinski definition) is 4. The maximum atomic E-state index is 13.5. The Morgan fingerprint density at radius 3 is 2.40 bits per heavy atom. The van der Waals surface area contributed by atoms with Gasteiger partial charge in [-0.3, -0.25) is 24.0 Å². The summed E-state index contributed by atoms with van der Waals surface area (Å²) in [6.07, 6.45) is -0.0650. The van der Waals surface area contributed by atoms with E-state index in [-0.39, 0.29) is 29.9 Å². The Morgan fingerprint density at radius 2 is 1.79 bits per heavy atom. The standard InChI is InChI=1S/C30H42N4O8/c1-16(2)12-23(34-29(38)24-14-20-21(32-24)8-7-9-26(20)40-6)28(37)33-22(13-19-10-11-31-27(19)36)25(35)15-41-18(5)42-30(39)17(3)4/h7-9,14,16-19,22-23,32H,10-13,15H2,1-6H3,(H,31,36)(H,33,37)(H,34,38)/t18-,19-,22-,23-/m0/s1. The number of carbonyl (C=O) groups excluding carboxylic acids is 5. The number of carbonyl (C=O) groups is 5. The van der Waals surface area contributed by atoms with Crippen LogP contribution in [0.3, 0.4) is 0 Å². The van der Waals surface area contributed by atoms with E-state index >= 15 is 0 Å². The van der Waals surface area contributed by atoms with Crippen molar-refractivity contribution in [2.24, 2.45) is 17.8 Å². The van der Waals surface area contributed by atoms with Crippen molar-refractivity contribution in [3.8, 4) is 5.75 Å². The number of fused-ring (bicyclic) bond motifs is 1. The van der Waals surface area contributed by atoms with E-state index in [1.807, 2.05) is 19.9 Å². The number of H-pyrrole nitrogens is 1. The molecule has 2 heterocycles. The number of ether oxygens (including phenoxy) is 3. The second-order valence-corrected chi connectivity index (χ2v) is 11.3. The van der Waals surface area contributed by atoms with Crippen molar-refractivity contribution in [3.63, 3.8) is 0 Å². The van der Waals surface area contributed by atoms with Gasteiger partial charge < -0.3 is 35.1 Å².